The number of nitrogens with zero attached hydrogens (tertiary/aromatic N) is 2. The highest BCUT2D eigenvalue weighted by Crippen LogP contribution is 2.26. The molecule has 0 fully saturated rings. The molecule has 0 unspecified atom stereocenters. The molecule has 1 aromatic heterocycles. The molecule has 2 aromatic carbocycles. The Hall–Kier alpha value is -3.46. The zero-order chi connectivity index (χ0) is 18.6. The van der Waals surface area contributed by atoms with Crippen LogP contribution >= 0.6 is 0 Å². The largest absolute Gasteiger partial charge is 0.334 e. The summed E-state index contributed by atoms with van der Waals surface area (Å²) in [5.74, 6) is 0.0700. The summed E-state index contributed by atoms with van der Waals surface area (Å²) in [4.78, 5) is 14.6. The van der Waals surface area contributed by atoms with Gasteiger partial charge >= 0.3 is 5.69 Å². The van der Waals surface area contributed by atoms with E-state index < -0.39 is 14.9 Å². The number of hydrogen-bond donors (Lipinski definition) is 2. The summed E-state index contributed by atoms with van der Waals surface area (Å²) in [7, 11) is -3.73. The van der Waals surface area contributed by atoms with E-state index in [9.17, 15) is 18.5 Å². The normalized spacial score (nSPS) is 10.9. The lowest BCUT2D eigenvalue weighted by Crippen LogP contribution is -2.12. The fraction of sp³-hybridized carbons (Fsp3) is 0. The van der Waals surface area contributed by atoms with E-state index in [1.54, 1.807) is 36.4 Å². The smallest absolute Gasteiger partial charge is 0.311 e. The van der Waals surface area contributed by atoms with Crippen molar-refractivity contribution < 1.29 is 13.3 Å². The van der Waals surface area contributed by atoms with Gasteiger partial charge in [-0.1, -0.05) is 24.3 Å². The van der Waals surface area contributed by atoms with E-state index in [0.29, 0.717) is 11.4 Å². The molecular weight excluding hydrogens is 356 g/mol. The van der Waals surface area contributed by atoms with Crippen molar-refractivity contribution in [3.63, 3.8) is 0 Å². The van der Waals surface area contributed by atoms with Crippen LogP contribution in [0.4, 0.5) is 22.9 Å². The second-order valence-corrected chi connectivity index (χ2v) is 6.94. The van der Waals surface area contributed by atoms with E-state index >= 15 is 0 Å². The van der Waals surface area contributed by atoms with Crippen LogP contribution in [0.3, 0.4) is 0 Å². The molecule has 2 N–H and O–H groups in total. The topological polar surface area (TPSA) is 114 Å². The van der Waals surface area contributed by atoms with Crippen molar-refractivity contribution in [1.29, 1.82) is 0 Å². The number of pyridine rings is 1. The summed E-state index contributed by atoms with van der Waals surface area (Å²) in [5, 5.41) is 13.9. The second-order valence-electron chi connectivity index (χ2n) is 5.25. The Morgan fingerprint density at radius 3 is 2.38 bits per heavy atom. The maximum Gasteiger partial charge on any atom is 0.311 e. The third kappa shape index (κ3) is 3.95. The Bertz CT molecular complexity index is 1040. The number of sulfonamides is 1. The van der Waals surface area contributed by atoms with Gasteiger partial charge in [0.05, 0.1) is 15.5 Å². The standard InChI is InChI=1S/C17H14N4O4S/c22-21(23)16-10-5-11-18-17(16)19-13-6-4-7-14(12-13)20-26(24,25)15-8-2-1-3-9-15/h1-12,20H,(H,18,19). The number of rotatable bonds is 6. The molecule has 0 amide bonds. The fourth-order valence-electron chi connectivity index (χ4n) is 2.25. The van der Waals surface area contributed by atoms with Crippen LogP contribution in [0.2, 0.25) is 0 Å². The minimum absolute atomic E-state index is 0.0700. The van der Waals surface area contributed by atoms with Crippen molar-refractivity contribution in [3.05, 3.63) is 83.0 Å². The van der Waals surface area contributed by atoms with Gasteiger partial charge in [0.15, 0.2) is 0 Å². The van der Waals surface area contributed by atoms with Crippen LogP contribution in [-0.2, 0) is 10.0 Å². The van der Waals surface area contributed by atoms with Gasteiger partial charge in [-0.3, -0.25) is 14.8 Å². The van der Waals surface area contributed by atoms with E-state index in [1.165, 1.54) is 36.5 Å². The SMILES string of the molecule is O=[N+]([O-])c1cccnc1Nc1cccc(NS(=O)(=O)c2ccccc2)c1. The van der Waals surface area contributed by atoms with Gasteiger partial charge in [0.2, 0.25) is 5.82 Å². The monoisotopic (exact) mass is 370 g/mol. The molecule has 0 aliphatic carbocycles. The molecule has 132 valence electrons. The van der Waals surface area contributed by atoms with Crippen molar-refractivity contribution >= 4 is 32.9 Å². The number of aromatic nitrogens is 1. The second kappa shape index (κ2) is 7.19. The van der Waals surface area contributed by atoms with Gasteiger partial charge in [0, 0.05) is 18.0 Å². The number of nitro groups is 1. The van der Waals surface area contributed by atoms with Crippen LogP contribution in [0.5, 0.6) is 0 Å². The molecule has 0 atom stereocenters. The zero-order valence-electron chi connectivity index (χ0n) is 13.4. The van der Waals surface area contributed by atoms with Gasteiger partial charge in [-0.25, -0.2) is 13.4 Å². The van der Waals surface area contributed by atoms with Gasteiger partial charge in [0.1, 0.15) is 0 Å². The van der Waals surface area contributed by atoms with Gasteiger partial charge < -0.3 is 5.32 Å². The van der Waals surface area contributed by atoms with Gasteiger partial charge in [-0.05, 0) is 36.4 Å². The number of nitrogens with one attached hydrogen (secondary N) is 2. The molecule has 9 heteroatoms. The Morgan fingerprint density at radius 1 is 0.923 bits per heavy atom. The Labute approximate surface area is 149 Å². The highest BCUT2D eigenvalue weighted by atomic mass is 32.2. The van der Waals surface area contributed by atoms with Crippen molar-refractivity contribution in [2.24, 2.45) is 0 Å². The highest BCUT2D eigenvalue weighted by molar-refractivity contribution is 7.92. The van der Waals surface area contributed by atoms with E-state index in [4.69, 9.17) is 0 Å². The molecule has 0 aliphatic heterocycles. The lowest BCUT2D eigenvalue weighted by atomic mass is 10.3. The lowest BCUT2D eigenvalue weighted by Gasteiger charge is -2.10. The minimum Gasteiger partial charge on any atom is -0.334 e. The molecule has 0 aliphatic rings. The Kier molecular flexibility index (Phi) is 4.81. The van der Waals surface area contributed by atoms with E-state index in [2.05, 4.69) is 15.0 Å². The molecule has 26 heavy (non-hydrogen) atoms. The van der Waals surface area contributed by atoms with Crippen molar-refractivity contribution in [2.75, 3.05) is 10.0 Å². The van der Waals surface area contributed by atoms with Crippen LogP contribution in [-0.4, -0.2) is 18.3 Å². The predicted molar refractivity (Wildman–Crippen MR) is 97.9 cm³/mol. The molecule has 0 spiro atoms. The van der Waals surface area contributed by atoms with E-state index in [1.807, 2.05) is 0 Å². The lowest BCUT2D eigenvalue weighted by molar-refractivity contribution is -0.384. The average molecular weight is 370 g/mol. The number of hydrogen-bond acceptors (Lipinski definition) is 6. The van der Waals surface area contributed by atoms with Crippen molar-refractivity contribution in [1.82, 2.24) is 4.98 Å². The molecule has 8 nitrogen and oxygen atoms in total. The molecule has 0 radical (unpaired) electrons. The van der Waals surface area contributed by atoms with E-state index in [0.717, 1.165) is 0 Å². The quantitative estimate of drug-likeness (QED) is 0.507. The molecule has 1 heterocycles. The van der Waals surface area contributed by atoms with Crippen LogP contribution in [0, 0.1) is 10.1 Å². The molecule has 0 bridgehead atoms. The predicted octanol–water partition coefficient (Wildman–Crippen LogP) is 3.53. The third-order valence-electron chi connectivity index (χ3n) is 3.41. The molecule has 0 saturated heterocycles. The van der Waals surface area contributed by atoms with Crippen LogP contribution in [0.1, 0.15) is 0 Å². The summed E-state index contributed by atoms with van der Waals surface area (Å²) in [6.45, 7) is 0. The van der Waals surface area contributed by atoms with Crippen molar-refractivity contribution in [2.45, 2.75) is 4.90 Å². The first-order valence-electron chi connectivity index (χ1n) is 7.50. The van der Waals surface area contributed by atoms with Gasteiger partial charge in [0.25, 0.3) is 10.0 Å². The highest BCUT2D eigenvalue weighted by Gasteiger charge is 2.16. The maximum atomic E-state index is 12.4. The summed E-state index contributed by atoms with van der Waals surface area (Å²) in [5.41, 5.74) is 0.597. The molecule has 3 rings (SSSR count). The van der Waals surface area contributed by atoms with Crippen LogP contribution < -0.4 is 10.0 Å². The first-order chi connectivity index (χ1) is 12.5. The fourth-order valence-corrected chi connectivity index (χ4v) is 3.32. The molecular formula is C17H14N4O4S. The summed E-state index contributed by atoms with van der Waals surface area (Å²) in [6.07, 6.45) is 1.43. The Balaban J connectivity index is 1.85. The van der Waals surface area contributed by atoms with Crippen molar-refractivity contribution in [3.8, 4) is 0 Å². The average Bonchev–Trinajstić information content (AvgIpc) is 2.63. The van der Waals surface area contributed by atoms with Crippen LogP contribution in [0.25, 0.3) is 0 Å². The first-order valence-corrected chi connectivity index (χ1v) is 8.98. The zero-order valence-corrected chi connectivity index (χ0v) is 14.2. The Morgan fingerprint density at radius 2 is 1.65 bits per heavy atom. The number of benzene rings is 2. The summed E-state index contributed by atoms with van der Waals surface area (Å²) < 4.78 is 27.2. The first kappa shape index (κ1) is 17.4. The van der Waals surface area contributed by atoms with Gasteiger partial charge in [-0.2, -0.15) is 0 Å². The third-order valence-corrected chi connectivity index (χ3v) is 4.81. The summed E-state index contributed by atoms with van der Waals surface area (Å²) >= 11 is 0. The maximum absolute atomic E-state index is 12.4. The summed E-state index contributed by atoms with van der Waals surface area (Å²) in [6, 6.07) is 17.1. The minimum atomic E-state index is -3.73. The van der Waals surface area contributed by atoms with Crippen LogP contribution in [0.15, 0.2) is 77.8 Å². The van der Waals surface area contributed by atoms with Gasteiger partial charge in [-0.15, -0.1) is 0 Å². The number of anilines is 3. The molecule has 3 aromatic rings. The van der Waals surface area contributed by atoms with E-state index in [-0.39, 0.29) is 16.4 Å². The molecule has 0 saturated carbocycles.